The zero-order valence-corrected chi connectivity index (χ0v) is 15.5. The van der Waals surface area contributed by atoms with Crippen LogP contribution in [0.15, 0.2) is 35.7 Å². The predicted molar refractivity (Wildman–Crippen MR) is 96.2 cm³/mol. The summed E-state index contributed by atoms with van der Waals surface area (Å²) in [6, 6.07) is 5.50. The monoisotopic (exact) mass is 377 g/mol. The van der Waals surface area contributed by atoms with Crippen LogP contribution in [0.25, 0.3) is 10.6 Å². The van der Waals surface area contributed by atoms with Gasteiger partial charge in [0.05, 0.1) is 26.5 Å². The zero-order valence-electron chi connectivity index (χ0n) is 14.7. The summed E-state index contributed by atoms with van der Waals surface area (Å²) in [5, 5.41) is 2.56. The first kappa shape index (κ1) is 19.5. The van der Waals surface area contributed by atoms with Crippen molar-refractivity contribution in [3.05, 3.63) is 41.4 Å². The SMILES string of the molecule is CCOC(=O)/C=C/C(=O)OCc1csc(-c2ccc(OC)c(OC)c2)n1. The van der Waals surface area contributed by atoms with Crippen LogP contribution in [-0.2, 0) is 25.7 Å². The molecule has 0 bridgehead atoms. The molecule has 1 aromatic heterocycles. The molecule has 0 aliphatic heterocycles. The van der Waals surface area contributed by atoms with Gasteiger partial charge in [-0.25, -0.2) is 14.6 Å². The van der Waals surface area contributed by atoms with Crippen molar-refractivity contribution in [3.63, 3.8) is 0 Å². The Labute approximate surface area is 155 Å². The quantitative estimate of drug-likeness (QED) is 0.516. The molecular formula is C18H19NO6S. The summed E-state index contributed by atoms with van der Waals surface area (Å²) in [5.41, 5.74) is 1.48. The van der Waals surface area contributed by atoms with Crippen molar-refractivity contribution in [1.29, 1.82) is 0 Å². The standard InChI is InChI=1S/C18H19NO6S/c1-4-24-16(20)7-8-17(21)25-10-13-11-26-18(19-13)12-5-6-14(22-2)15(9-12)23-3/h5-9,11H,4,10H2,1-3H3/b8-7+. The molecule has 8 heteroatoms. The summed E-state index contributed by atoms with van der Waals surface area (Å²) in [6.45, 7) is 1.94. The van der Waals surface area contributed by atoms with Crippen LogP contribution in [0, 0.1) is 0 Å². The lowest BCUT2D eigenvalue weighted by atomic mass is 10.2. The van der Waals surface area contributed by atoms with Crippen LogP contribution in [0.4, 0.5) is 0 Å². The average molecular weight is 377 g/mol. The highest BCUT2D eigenvalue weighted by Gasteiger charge is 2.10. The Bertz CT molecular complexity index is 799. The Balaban J connectivity index is 1.98. The van der Waals surface area contributed by atoms with Gasteiger partial charge in [-0.1, -0.05) is 0 Å². The number of nitrogens with zero attached hydrogens (tertiary/aromatic N) is 1. The molecule has 0 unspecified atom stereocenters. The molecule has 0 aliphatic rings. The fourth-order valence-corrected chi connectivity index (χ4v) is 2.80. The van der Waals surface area contributed by atoms with Gasteiger partial charge in [-0.3, -0.25) is 0 Å². The van der Waals surface area contributed by atoms with Gasteiger partial charge in [0.2, 0.25) is 0 Å². The van der Waals surface area contributed by atoms with Gasteiger partial charge in [-0.15, -0.1) is 11.3 Å². The van der Waals surface area contributed by atoms with Crippen LogP contribution in [-0.4, -0.2) is 37.7 Å². The molecule has 0 atom stereocenters. The Kier molecular flexibility index (Phi) is 7.16. The van der Waals surface area contributed by atoms with Crippen LogP contribution >= 0.6 is 11.3 Å². The van der Waals surface area contributed by atoms with Crippen molar-refractivity contribution in [2.75, 3.05) is 20.8 Å². The third-order valence-corrected chi connectivity index (χ3v) is 4.13. The summed E-state index contributed by atoms with van der Waals surface area (Å²) >= 11 is 1.42. The number of hydrogen-bond donors (Lipinski definition) is 0. The first-order valence-electron chi connectivity index (χ1n) is 7.75. The molecular weight excluding hydrogens is 358 g/mol. The molecule has 0 fully saturated rings. The number of benzene rings is 1. The molecule has 1 heterocycles. The van der Waals surface area contributed by atoms with E-state index in [-0.39, 0.29) is 13.2 Å². The van der Waals surface area contributed by atoms with Gasteiger partial charge in [0.15, 0.2) is 11.5 Å². The summed E-state index contributed by atoms with van der Waals surface area (Å²) in [7, 11) is 3.14. The van der Waals surface area contributed by atoms with E-state index in [0.29, 0.717) is 17.2 Å². The highest BCUT2D eigenvalue weighted by atomic mass is 32.1. The van der Waals surface area contributed by atoms with Gasteiger partial charge in [0.25, 0.3) is 0 Å². The Hall–Kier alpha value is -2.87. The first-order valence-corrected chi connectivity index (χ1v) is 8.63. The first-order chi connectivity index (χ1) is 12.6. The lowest BCUT2D eigenvalue weighted by molar-refractivity contribution is -0.141. The molecule has 26 heavy (non-hydrogen) atoms. The highest BCUT2D eigenvalue weighted by molar-refractivity contribution is 7.13. The topological polar surface area (TPSA) is 84.0 Å². The van der Waals surface area contributed by atoms with Crippen molar-refractivity contribution < 1.29 is 28.5 Å². The number of rotatable bonds is 8. The van der Waals surface area contributed by atoms with Gasteiger partial charge in [-0.05, 0) is 25.1 Å². The molecule has 0 aliphatic carbocycles. The van der Waals surface area contributed by atoms with E-state index >= 15 is 0 Å². The fraction of sp³-hybridized carbons (Fsp3) is 0.278. The number of esters is 2. The molecule has 2 aromatic rings. The van der Waals surface area contributed by atoms with Gasteiger partial charge in [0, 0.05) is 23.1 Å². The maximum atomic E-state index is 11.6. The average Bonchev–Trinajstić information content (AvgIpc) is 3.13. The van der Waals surface area contributed by atoms with E-state index in [2.05, 4.69) is 9.72 Å². The van der Waals surface area contributed by atoms with Crippen molar-refractivity contribution in [1.82, 2.24) is 4.98 Å². The van der Waals surface area contributed by atoms with Gasteiger partial charge in [0.1, 0.15) is 11.6 Å². The number of hydrogen-bond acceptors (Lipinski definition) is 8. The number of aromatic nitrogens is 1. The molecule has 0 saturated heterocycles. The Morgan fingerprint density at radius 1 is 1.08 bits per heavy atom. The molecule has 2 rings (SSSR count). The maximum absolute atomic E-state index is 11.6. The second-order valence-electron chi connectivity index (χ2n) is 4.91. The minimum absolute atomic E-state index is 0.00971. The van der Waals surface area contributed by atoms with Crippen molar-refractivity contribution in [3.8, 4) is 22.1 Å². The van der Waals surface area contributed by atoms with Crippen molar-refractivity contribution in [2.45, 2.75) is 13.5 Å². The molecule has 138 valence electrons. The third-order valence-electron chi connectivity index (χ3n) is 3.19. The van der Waals surface area contributed by atoms with E-state index in [4.69, 9.17) is 14.2 Å². The zero-order chi connectivity index (χ0) is 18.9. The summed E-state index contributed by atoms with van der Waals surface area (Å²) in [5.74, 6) is 0.0141. The molecule has 1 aromatic carbocycles. The molecule has 0 radical (unpaired) electrons. The number of ether oxygens (including phenoxy) is 4. The largest absolute Gasteiger partial charge is 0.493 e. The van der Waals surface area contributed by atoms with Gasteiger partial charge in [-0.2, -0.15) is 0 Å². The molecule has 7 nitrogen and oxygen atoms in total. The minimum atomic E-state index is -0.640. The minimum Gasteiger partial charge on any atom is -0.493 e. The Morgan fingerprint density at radius 3 is 2.42 bits per heavy atom. The van der Waals surface area contributed by atoms with Crippen LogP contribution < -0.4 is 9.47 Å². The van der Waals surface area contributed by atoms with E-state index in [9.17, 15) is 9.59 Å². The second-order valence-corrected chi connectivity index (χ2v) is 5.76. The lowest BCUT2D eigenvalue weighted by Crippen LogP contribution is -2.04. The second kappa shape index (κ2) is 9.57. The lowest BCUT2D eigenvalue weighted by Gasteiger charge is -2.08. The molecule has 0 saturated carbocycles. The summed E-state index contributed by atoms with van der Waals surface area (Å²) < 4.78 is 20.2. The van der Waals surface area contributed by atoms with Crippen molar-refractivity contribution in [2.24, 2.45) is 0 Å². The van der Waals surface area contributed by atoms with Gasteiger partial charge >= 0.3 is 11.9 Å². The van der Waals surface area contributed by atoms with Crippen LogP contribution in [0.1, 0.15) is 12.6 Å². The third kappa shape index (κ3) is 5.32. The van der Waals surface area contributed by atoms with E-state index in [1.54, 1.807) is 32.6 Å². The number of carbonyl (C=O) groups is 2. The predicted octanol–water partition coefficient (Wildman–Crippen LogP) is 2.99. The highest BCUT2D eigenvalue weighted by Crippen LogP contribution is 2.33. The van der Waals surface area contributed by atoms with E-state index in [0.717, 1.165) is 22.7 Å². The normalized spacial score (nSPS) is 10.6. The maximum Gasteiger partial charge on any atom is 0.331 e. The Morgan fingerprint density at radius 2 is 1.77 bits per heavy atom. The van der Waals surface area contributed by atoms with Crippen LogP contribution in [0.2, 0.25) is 0 Å². The summed E-state index contributed by atoms with van der Waals surface area (Å²) in [4.78, 5) is 27.2. The summed E-state index contributed by atoms with van der Waals surface area (Å²) in [6.07, 6.45) is 2.06. The smallest absolute Gasteiger partial charge is 0.331 e. The number of methoxy groups -OCH3 is 2. The van der Waals surface area contributed by atoms with Gasteiger partial charge < -0.3 is 18.9 Å². The molecule has 0 spiro atoms. The fourth-order valence-electron chi connectivity index (χ4n) is 1.99. The molecule has 0 amide bonds. The van der Waals surface area contributed by atoms with E-state index < -0.39 is 11.9 Å². The van der Waals surface area contributed by atoms with E-state index in [1.165, 1.54) is 11.3 Å². The van der Waals surface area contributed by atoms with Crippen LogP contribution in [0.3, 0.4) is 0 Å². The van der Waals surface area contributed by atoms with E-state index in [1.807, 2.05) is 12.1 Å². The number of thiazole rings is 1. The van der Waals surface area contributed by atoms with Crippen molar-refractivity contribution >= 4 is 23.3 Å². The number of carbonyl (C=O) groups excluding carboxylic acids is 2. The molecule has 0 N–H and O–H groups in total. The van der Waals surface area contributed by atoms with Crippen LogP contribution in [0.5, 0.6) is 11.5 Å².